The van der Waals surface area contributed by atoms with E-state index >= 15 is 0 Å². The van der Waals surface area contributed by atoms with Gasteiger partial charge in [0.05, 0.1) is 6.10 Å². The molecule has 0 amide bonds. The highest BCUT2D eigenvalue weighted by molar-refractivity contribution is 5.91. The van der Waals surface area contributed by atoms with Crippen LogP contribution in [0.15, 0.2) is 12.2 Å². The maximum Gasteiger partial charge on any atom is 0.155 e. The lowest BCUT2D eigenvalue weighted by molar-refractivity contribution is -0.123. The predicted octanol–water partition coefficient (Wildman–Crippen LogP) is 3.74. The molecule has 2 heteroatoms. The lowest BCUT2D eigenvalue weighted by Gasteiger charge is -2.58. The third-order valence-electron chi connectivity index (χ3n) is 7.99. The predicted molar refractivity (Wildman–Crippen MR) is 82.6 cm³/mol. The van der Waals surface area contributed by atoms with E-state index in [-0.39, 0.29) is 16.9 Å². The summed E-state index contributed by atoms with van der Waals surface area (Å²) in [7, 11) is 0. The summed E-state index contributed by atoms with van der Waals surface area (Å²) in [6, 6.07) is 0. The van der Waals surface area contributed by atoms with E-state index in [0.29, 0.717) is 17.6 Å². The van der Waals surface area contributed by atoms with Crippen molar-refractivity contribution in [2.75, 3.05) is 0 Å². The molecule has 0 radical (unpaired) electrons. The molecule has 2 nitrogen and oxygen atoms in total. The van der Waals surface area contributed by atoms with Crippen LogP contribution in [0.4, 0.5) is 0 Å². The molecule has 3 fully saturated rings. The monoisotopic (exact) mass is 288 g/mol. The molecule has 0 unspecified atom stereocenters. The quantitative estimate of drug-likeness (QED) is 0.737. The summed E-state index contributed by atoms with van der Waals surface area (Å²) >= 11 is 0. The molecule has 4 aliphatic carbocycles. The van der Waals surface area contributed by atoms with Crippen LogP contribution in [0.5, 0.6) is 0 Å². The maximum atomic E-state index is 11.8. The minimum absolute atomic E-state index is 0.0857. The van der Waals surface area contributed by atoms with E-state index in [1.165, 1.54) is 32.1 Å². The largest absolute Gasteiger partial charge is 0.393 e. The van der Waals surface area contributed by atoms with Crippen LogP contribution < -0.4 is 0 Å². The maximum absolute atomic E-state index is 11.8. The van der Waals surface area contributed by atoms with Crippen molar-refractivity contribution >= 4 is 5.78 Å². The summed E-state index contributed by atoms with van der Waals surface area (Å²) in [4.78, 5) is 11.8. The second-order valence-electron chi connectivity index (χ2n) is 8.66. The molecule has 0 bridgehead atoms. The summed E-state index contributed by atoms with van der Waals surface area (Å²) in [5.74, 6) is 3.08. The van der Waals surface area contributed by atoms with Crippen molar-refractivity contribution in [2.45, 2.75) is 64.9 Å². The first-order valence-electron chi connectivity index (χ1n) is 8.85. The number of aliphatic hydroxyl groups is 1. The Bertz CT molecular complexity index is 496. The number of aliphatic hydroxyl groups excluding tert-OH is 1. The van der Waals surface area contributed by atoms with Gasteiger partial charge in [0.1, 0.15) is 0 Å². The van der Waals surface area contributed by atoms with Crippen LogP contribution >= 0.6 is 0 Å². The SMILES string of the molecule is C[C@]12C=CC(=O)C[C@@H]1CC[C@H]1[C@H]2CC[C@]2(C)[C@@H](O)CC[C@@H]12. The van der Waals surface area contributed by atoms with Crippen LogP contribution in [0.3, 0.4) is 0 Å². The van der Waals surface area contributed by atoms with Crippen molar-refractivity contribution in [3.63, 3.8) is 0 Å². The van der Waals surface area contributed by atoms with E-state index in [1.807, 2.05) is 6.08 Å². The molecule has 21 heavy (non-hydrogen) atoms. The van der Waals surface area contributed by atoms with Gasteiger partial charge in [-0.05, 0) is 79.1 Å². The molecule has 1 N–H and O–H groups in total. The van der Waals surface area contributed by atoms with Gasteiger partial charge in [-0.2, -0.15) is 0 Å². The molecule has 3 saturated carbocycles. The Morgan fingerprint density at radius 3 is 2.71 bits per heavy atom. The van der Waals surface area contributed by atoms with Gasteiger partial charge in [0.25, 0.3) is 0 Å². The van der Waals surface area contributed by atoms with Crippen molar-refractivity contribution < 1.29 is 9.90 Å². The van der Waals surface area contributed by atoms with Crippen molar-refractivity contribution in [3.05, 3.63) is 12.2 Å². The molecule has 0 aromatic heterocycles. The number of hydrogen-bond acceptors (Lipinski definition) is 2. The number of allylic oxidation sites excluding steroid dienone is 2. The molecule has 0 saturated heterocycles. The second-order valence-corrected chi connectivity index (χ2v) is 8.66. The highest BCUT2D eigenvalue weighted by Gasteiger charge is 2.59. The Morgan fingerprint density at radius 2 is 1.90 bits per heavy atom. The van der Waals surface area contributed by atoms with Crippen molar-refractivity contribution in [2.24, 2.45) is 34.5 Å². The van der Waals surface area contributed by atoms with E-state index in [1.54, 1.807) is 0 Å². The van der Waals surface area contributed by atoms with Gasteiger partial charge in [0.2, 0.25) is 0 Å². The Morgan fingerprint density at radius 1 is 1.10 bits per heavy atom. The smallest absolute Gasteiger partial charge is 0.155 e. The molecule has 0 aromatic carbocycles. The first-order chi connectivity index (χ1) is 9.95. The number of carbonyl (C=O) groups excluding carboxylic acids is 1. The lowest BCUT2D eigenvalue weighted by atomic mass is 9.46. The molecule has 4 rings (SSSR count). The molecule has 116 valence electrons. The standard InChI is InChI=1S/C19H28O2/c1-18-9-7-13(20)11-12(18)3-4-14-15-5-6-17(21)19(15,2)10-8-16(14)18/h7,9,12,14-17,21H,3-6,8,10-11H2,1-2H3/t12-,14+,15-,16+,17-,18-,19-/m0/s1. The van der Waals surface area contributed by atoms with Gasteiger partial charge >= 0.3 is 0 Å². The number of ketones is 1. The number of fused-ring (bicyclic) bond motifs is 5. The summed E-state index contributed by atoms with van der Waals surface area (Å²) in [5.41, 5.74) is 0.393. The third kappa shape index (κ3) is 1.78. The van der Waals surface area contributed by atoms with Crippen LogP contribution in [-0.2, 0) is 4.79 Å². The fraction of sp³-hybridized carbons (Fsp3) is 0.842. The topological polar surface area (TPSA) is 37.3 Å². The van der Waals surface area contributed by atoms with Gasteiger partial charge < -0.3 is 5.11 Å². The highest BCUT2D eigenvalue weighted by Crippen LogP contribution is 2.64. The van der Waals surface area contributed by atoms with Crippen LogP contribution in [0.2, 0.25) is 0 Å². The fourth-order valence-electron chi connectivity index (χ4n) is 6.61. The first-order valence-corrected chi connectivity index (χ1v) is 8.85. The summed E-state index contributed by atoms with van der Waals surface area (Å²) in [6.45, 7) is 4.74. The zero-order valence-electron chi connectivity index (χ0n) is 13.3. The van der Waals surface area contributed by atoms with E-state index in [9.17, 15) is 9.90 Å². The van der Waals surface area contributed by atoms with E-state index in [0.717, 1.165) is 24.7 Å². The highest BCUT2D eigenvalue weighted by atomic mass is 16.3. The Kier molecular flexibility index (Phi) is 2.96. The van der Waals surface area contributed by atoms with Gasteiger partial charge in [-0.15, -0.1) is 0 Å². The van der Waals surface area contributed by atoms with E-state index in [2.05, 4.69) is 19.9 Å². The molecule has 4 aliphatic rings. The molecule has 0 aromatic rings. The fourth-order valence-corrected chi connectivity index (χ4v) is 6.61. The van der Waals surface area contributed by atoms with Gasteiger partial charge in [0, 0.05) is 6.42 Å². The van der Waals surface area contributed by atoms with Gasteiger partial charge in [-0.3, -0.25) is 4.79 Å². The number of hydrogen-bond donors (Lipinski definition) is 1. The van der Waals surface area contributed by atoms with Crippen LogP contribution in [-0.4, -0.2) is 17.0 Å². The summed E-state index contributed by atoms with van der Waals surface area (Å²) < 4.78 is 0. The zero-order valence-corrected chi connectivity index (χ0v) is 13.3. The number of carbonyl (C=O) groups is 1. The Hall–Kier alpha value is -0.630. The van der Waals surface area contributed by atoms with Crippen LogP contribution in [0.1, 0.15) is 58.8 Å². The van der Waals surface area contributed by atoms with Crippen LogP contribution in [0, 0.1) is 34.5 Å². The number of rotatable bonds is 0. The van der Waals surface area contributed by atoms with E-state index in [4.69, 9.17) is 0 Å². The molecule has 7 atom stereocenters. The minimum atomic E-state index is -0.0857. The van der Waals surface area contributed by atoms with Crippen LogP contribution in [0.25, 0.3) is 0 Å². The molecular formula is C19H28O2. The van der Waals surface area contributed by atoms with Gasteiger partial charge in [-0.25, -0.2) is 0 Å². The lowest BCUT2D eigenvalue weighted by Crippen LogP contribution is -2.52. The minimum Gasteiger partial charge on any atom is -0.393 e. The Balaban J connectivity index is 1.68. The average Bonchev–Trinajstić information content (AvgIpc) is 2.76. The van der Waals surface area contributed by atoms with Gasteiger partial charge in [-0.1, -0.05) is 19.9 Å². The average molecular weight is 288 g/mol. The second kappa shape index (κ2) is 4.44. The molecule has 0 aliphatic heterocycles. The zero-order chi connectivity index (χ0) is 14.8. The van der Waals surface area contributed by atoms with Gasteiger partial charge in [0.15, 0.2) is 5.78 Å². The third-order valence-corrected chi connectivity index (χ3v) is 7.99. The first kappa shape index (κ1) is 14.0. The van der Waals surface area contributed by atoms with Crippen molar-refractivity contribution in [3.8, 4) is 0 Å². The Labute approximate surface area is 128 Å². The van der Waals surface area contributed by atoms with Crippen molar-refractivity contribution in [1.82, 2.24) is 0 Å². The summed E-state index contributed by atoms with van der Waals surface area (Å²) in [5, 5.41) is 10.4. The van der Waals surface area contributed by atoms with Crippen molar-refractivity contribution in [1.29, 1.82) is 0 Å². The summed E-state index contributed by atoms with van der Waals surface area (Å²) in [6.07, 6.45) is 11.9. The molecule has 0 spiro atoms. The molecule has 0 heterocycles. The van der Waals surface area contributed by atoms with E-state index < -0.39 is 0 Å². The molecular weight excluding hydrogens is 260 g/mol. The normalized spacial score (nSPS) is 55.8.